The van der Waals surface area contributed by atoms with Crippen LogP contribution in [0.5, 0.6) is 5.75 Å². The summed E-state index contributed by atoms with van der Waals surface area (Å²) < 4.78 is 7.11. The number of nitrogens with zero attached hydrogens (tertiary/aromatic N) is 1. The Hall–Kier alpha value is -2.33. The quantitative estimate of drug-likeness (QED) is 0.372. The van der Waals surface area contributed by atoms with E-state index in [1.807, 2.05) is 54.6 Å². The van der Waals surface area contributed by atoms with E-state index in [-0.39, 0.29) is 17.5 Å². The molecule has 27 heavy (non-hydrogen) atoms. The van der Waals surface area contributed by atoms with Gasteiger partial charge in [0.25, 0.3) is 5.91 Å². The van der Waals surface area contributed by atoms with Gasteiger partial charge in [-0.2, -0.15) is 5.26 Å². The number of para-hydroxylation sites is 1. The molecule has 5 heteroatoms. The summed E-state index contributed by atoms with van der Waals surface area (Å²) in [6, 6.07) is 17.8. The molecule has 0 aromatic heterocycles. The lowest BCUT2D eigenvalue weighted by Crippen LogP contribution is -2.33. The molecule has 1 N–H and O–H groups in total. The summed E-state index contributed by atoms with van der Waals surface area (Å²) in [5, 5.41) is 12.4. The van der Waals surface area contributed by atoms with Crippen molar-refractivity contribution in [2.45, 2.75) is 38.3 Å². The van der Waals surface area contributed by atoms with E-state index < -0.39 is 0 Å². The molecule has 1 aliphatic carbocycles. The lowest BCUT2D eigenvalue weighted by molar-refractivity contribution is -0.117. The molecule has 0 atom stereocenters. The van der Waals surface area contributed by atoms with Crippen molar-refractivity contribution >= 4 is 34.6 Å². The highest BCUT2D eigenvalue weighted by Crippen LogP contribution is 2.23. The fourth-order valence-electron chi connectivity index (χ4n) is 3.11. The first-order chi connectivity index (χ1) is 13.2. The van der Waals surface area contributed by atoms with Crippen LogP contribution in [-0.4, -0.2) is 11.9 Å². The minimum absolute atomic E-state index is 0.104. The molecule has 1 aliphatic rings. The predicted molar refractivity (Wildman–Crippen MR) is 114 cm³/mol. The summed E-state index contributed by atoms with van der Waals surface area (Å²) in [6.45, 7) is 0.429. The number of nitrogens with one attached hydrogen (secondary N) is 1. The van der Waals surface area contributed by atoms with Gasteiger partial charge in [0.05, 0.1) is 0 Å². The van der Waals surface area contributed by atoms with Crippen molar-refractivity contribution in [1.82, 2.24) is 5.32 Å². The van der Waals surface area contributed by atoms with Crippen LogP contribution in [0.3, 0.4) is 0 Å². The molecule has 2 aromatic carbocycles. The number of hydrogen-bond acceptors (Lipinski definition) is 3. The van der Waals surface area contributed by atoms with Crippen LogP contribution >= 0.6 is 22.6 Å². The molecule has 0 saturated heterocycles. The Morgan fingerprint density at radius 2 is 1.89 bits per heavy atom. The number of carbonyl (C=O) groups excluding carboxylic acids is 1. The zero-order valence-electron chi connectivity index (χ0n) is 15.0. The van der Waals surface area contributed by atoms with E-state index in [0.29, 0.717) is 12.4 Å². The highest BCUT2D eigenvalue weighted by atomic mass is 127. The van der Waals surface area contributed by atoms with Gasteiger partial charge < -0.3 is 10.1 Å². The van der Waals surface area contributed by atoms with Crippen LogP contribution < -0.4 is 10.1 Å². The van der Waals surface area contributed by atoms with E-state index >= 15 is 0 Å². The SMILES string of the molecule is N#C/C(=C/c1ccccc1OCc1ccc(I)cc1)C(=O)NC1CCCC1. The third kappa shape index (κ3) is 5.57. The average Bonchev–Trinajstić information content (AvgIpc) is 3.19. The smallest absolute Gasteiger partial charge is 0.262 e. The van der Waals surface area contributed by atoms with Gasteiger partial charge in [0, 0.05) is 15.2 Å². The van der Waals surface area contributed by atoms with Crippen LogP contribution in [-0.2, 0) is 11.4 Å². The predicted octanol–water partition coefficient (Wildman–Crippen LogP) is 4.84. The molecule has 1 saturated carbocycles. The fraction of sp³-hybridized carbons (Fsp3) is 0.273. The second kappa shape index (κ2) is 9.56. The number of carbonyl (C=O) groups is 1. The van der Waals surface area contributed by atoms with Gasteiger partial charge in [0.1, 0.15) is 24.0 Å². The molecule has 1 amide bonds. The van der Waals surface area contributed by atoms with E-state index in [1.165, 1.54) is 3.57 Å². The number of nitriles is 1. The Labute approximate surface area is 173 Å². The second-order valence-corrected chi connectivity index (χ2v) is 7.82. The summed E-state index contributed by atoms with van der Waals surface area (Å²) in [5.74, 6) is 0.342. The molecular formula is C22H21IN2O2. The normalized spacial score (nSPS) is 14.6. The first kappa shape index (κ1) is 19.4. The summed E-state index contributed by atoms with van der Waals surface area (Å²) in [6.07, 6.45) is 5.84. The van der Waals surface area contributed by atoms with E-state index in [2.05, 4.69) is 27.9 Å². The maximum atomic E-state index is 12.4. The maximum Gasteiger partial charge on any atom is 0.262 e. The molecule has 0 spiro atoms. The first-order valence-electron chi connectivity index (χ1n) is 9.04. The maximum absolute atomic E-state index is 12.4. The summed E-state index contributed by atoms with van der Waals surface area (Å²) in [5.41, 5.74) is 1.89. The highest BCUT2D eigenvalue weighted by molar-refractivity contribution is 14.1. The number of ether oxygens (including phenoxy) is 1. The average molecular weight is 472 g/mol. The minimum Gasteiger partial charge on any atom is -0.488 e. The monoisotopic (exact) mass is 472 g/mol. The molecule has 4 nitrogen and oxygen atoms in total. The zero-order valence-corrected chi connectivity index (χ0v) is 17.1. The number of halogens is 1. The van der Waals surface area contributed by atoms with Crippen molar-refractivity contribution in [3.63, 3.8) is 0 Å². The van der Waals surface area contributed by atoms with Crippen molar-refractivity contribution in [3.05, 3.63) is 68.8 Å². The standard InChI is InChI=1S/C22H21IN2O2/c23-19-11-9-16(10-12-19)15-27-21-8-4-1-5-17(21)13-18(14-24)22(26)25-20-6-2-3-7-20/h1,4-5,8-13,20H,2-3,6-7,15H2,(H,25,26)/b18-13-. The Bertz CT molecular complexity index is 863. The minimum atomic E-state index is -0.308. The Balaban J connectivity index is 1.72. The van der Waals surface area contributed by atoms with Crippen molar-refractivity contribution < 1.29 is 9.53 Å². The zero-order chi connectivity index (χ0) is 19.1. The van der Waals surface area contributed by atoms with Gasteiger partial charge >= 0.3 is 0 Å². The first-order valence-corrected chi connectivity index (χ1v) is 10.1. The summed E-state index contributed by atoms with van der Waals surface area (Å²) in [4.78, 5) is 12.4. The number of amides is 1. The molecule has 0 radical (unpaired) electrons. The van der Waals surface area contributed by atoms with E-state index in [1.54, 1.807) is 6.08 Å². The Kier molecular flexibility index (Phi) is 6.88. The van der Waals surface area contributed by atoms with Gasteiger partial charge in [0.15, 0.2) is 0 Å². The molecule has 0 unspecified atom stereocenters. The van der Waals surface area contributed by atoms with Crippen LogP contribution in [0.1, 0.15) is 36.8 Å². The largest absolute Gasteiger partial charge is 0.488 e. The van der Waals surface area contributed by atoms with Crippen LogP contribution in [0.2, 0.25) is 0 Å². The number of hydrogen-bond donors (Lipinski definition) is 1. The van der Waals surface area contributed by atoms with Crippen molar-refractivity contribution in [2.24, 2.45) is 0 Å². The van der Waals surface area contributed by atoms with Crippen LogP contribution in [0.4, 0.5) is 0 Å². The van der Waals surface area contributed by atoms with Crippen molar-refractivity contribution in [2.75, 3.05) is 0 Å². The Morgan fingerprint density at radius 3 is 2.59 bits per heavy atom. The van der Waals surface area contributed by atoms with Gasteiger partial charge in [0.2, 0.25) is 0 Å². The van der Waals surface area contributed by atoms with Gasteiger partial charge in [-0.1, -0.05) is 43.2 Å². The fourth-order valence-corrected chi connectivity index (χ4v) is 3.47. The number of rotatable bonds is 6. The van der Waals surface area contributed by atoms with Crippen molar-refractivity contribution in [3.8, 4) is 11.8 Å². The summed E-state index contributed by atoms with van der Waals surface area (Å²) in [7, 11) is 0. The number of benzene rings is 2. The van der Waals surface area contributed by atoms with Gasteiger partial charge in [-0.15, -0.1) is 0 Å². The topological polar surface area (TPSA) is 62.1 Å². The van der Waals surface area contributed by atoms with Crippen LogP contribution in [0.25, 0.3) is 6.08 Å². The molecule has 0 aliphatic heterocycles. The molecule has 0 bridgehead atoms. The lowest BCUT2D eigenvalue weighted by atomic mass is 10.1. The molecular weight excluding hydrogens is 451 g/mol. The highest BCUT2D eigenvalue weighted by Gasteiger charge is 2.19. The molecule has 0 heterocycles. The molecule has 1 fully saturated rings. The summed E-state index contributed by atoms with van der Waals surface area (Å²) >= 11 is 2.27. The van der Waals surface area contributed by atoms with Crippen LogP contribution in [0.15, 0.2) is 54.1 Å². The second-order valence-electron chi connectivity index (χ2n) is 6.58. The van der Waals surface area contributed by atoms with E-state index in [4.69, 9.17) is 4.74 Å². The van der Waals surface area contributed by atoms with Crippen LogP contribution in [0, 0.1) is 14.9 Å². The third-order valence-corrected chi connectivity index (χ3v) is 5.30. The van der Waals surface area contributed by atoms with Gasteiger partial charge in [-0.3, -0.25) is 4.79 Å². The van der Waals surface area contributed by atoms with E-state index in [9.17, 15) is 10.1 Å². The molecule has 2 aromatic rings. The Morgan fingerprint density at radius 1 is 1.19 bits per heavy atom. The van der Waals surface area contributed by atoms with Gasteiger partial charge in [-0.05, 0) is 65.3 Å². The lowest BCUT2D eigenvalue weighted by Gasteiger charge is -2.12. The molecule has 138 valence electrons. The molecule has 3 rings (SSSR count). The van der Waals surface area contributed by atoms with Gasteiger partial charge in [-0.25, -0.2) is 0 Å². The van der Waals surface area contributed by atoms with E-state index in [0.717, 1.165) is 36.8 Å². The van der Waals surface area contributed by atoms with Crippen molar-refractivity contribution in [1.29, 1.82) is 5.26 Å². The third-order valence-electron chi connectivity index (χ3n) is 4.58.